The molecule has 92 valence electrons. The molecule has 1 aromatic heterocycles. The Kier molecular flexibility index (Phi) is 4.04. The summed E-state index contributed by atoms with van der Waals surface area (Å²) in [6, 6.07) is 2.84. The van der Waals surface area contributed by atoms with Gasteiger partial charge in [-0.25, -0.2) is 18.3 Å². The lowest BCUT2D eigenvalue weighted by atomic mass is 10.5. The van der Waals surface area contributed by atoms with Gasteiger partial charge in [0.15, 0.2) is 0 Å². The van der Waals surface area contributed by atoms with Crippen molar-refractivity contribution >= 4 is 31.6 Å². The average molecular weight is 285 g/mol. The van der Waals surface area contributed by atoms with E-state index in [0.29, 0.717) is 4.88 Å². The van der Waals surface area contributed by atoms with Gasteiger partial charge in [0.1, 0.15) is 4.21 Å². The van der Waals surface area contributed by atoms with Crippen LogP contribution in [-0.4, -0.2) is 23.9 Å². The molecule has 0 fully saturated rings. The fourth-order valence-corrected chi connectivity index (χ4v) is 3.14. The summed E-state index contributed by atoms with van der Waals surface area (Å²) >= 11 is 0.923. The third-order valence-corrected chi connectivity index (χ3v) is 5.21. The standard InChI is InChI=1S/C6H11N3O4S3/c1-8-16(12,13)9-4-5-2-3-6(14-5)15(7,10)11/h2-3,8-9H,4H2,1H3,(H2,7,10,11). The summed E-state index contributed by atoms with van der Waals surface area (Å²) in [5.41, 5.74) is 0. The molecule has 4 N–H and O–H groups in total. The summed E-state index contributed by atoms with van der Waals surface area (Å²) in [5, 5.41) is 4.91. The molecule has 0 aliphatic rings. The van der Waals surface area contributed by atoms with Crippen molar-refractivity contribution in [2.75, 3.05) is 7.05 Å². The van der Waals surface area contributed by atoms with Crippen LogP contribution in [-0.2, 0) is 26.8 Å². The van der Waals surface area contributed by atoms with Crippen LogP contribution in [0.4, 0.5) is 0 Å². The second kappa shape index (κ2) is 4.77. The van der Waals surface area contributed by atoms with Crippen LogP contribution in [0.15, 0.2) is 16.3 Å². The summed E-state index contributed by atoms with van der Waals surface area (Å²) in [6.07, 6.45) is 0. The van der Waals surface area contributed by atoms with Gasteiger partial charge in [0, 0.05) is 18.5 Å². The highest BCUT2D eigenvalue weighted by atomic mass is 32.2. The van der Waals surface area contributed by atoms with Crippen molar-refractivity contribution in [2.24, 2.45) is 5.14 Å². The Hall–Kier alpha value is -0.520. The smallest absolute Gasteiger partial charge is 0.224 e. The van der Waals surface area contributed by atoms with E-state index in [1.54, 1.807) is 0 Å². The molecule has 0 aromatic carbocycles. The van der Waals surface area contributed by atoms with Crippen molar-refractivity contribution in [2.45, 2.75) is 10.8 Å². The highest BCUT2D eigenvalue weighted by Gasteiger charge is 2.12. The summed E-state index contributed by atoms with van der Waals surface area (Å²) in [5.74, 6) is 0. The minimum atomic E-state index is -3.72. The Labute approximate surface area is 97.9 Å². The van der Waals surface area contributed by atoms with Gasteiger partial charge >= 0.3 is 0 Å². The quantitative estimate of drug-likeness (QED) is 0.639. The molecule has 0 radical (unpaired) electrons. The van der Waals surface area contributed by atoms with Crippen molar-refractivity contribution in [3.8, 4) is 0 Å². The molecule has 0 bridgehead atoms. The first kappa shape index (κ1) is 13.5. The van der Waals surface area contributed by atoms with E-state index in [1.165, 1.54) is 19.2 Å². The minimum Gasteiger partial charge on any atom is -0.224 e. The molecular weight excluding hydrogens is 274 g/mol. The van der Waals surface area contributed by atoms with Crippen molar-refractivity contribution in [3.05, 3.63) is 17.0 Å². The van der Waals surface area contributed by atoms with Crippen molar-refractivity contribution < 1.29 is 16.8 Å². The Morgan fingerprint density at radius 2 is 1.94 bits per heavy atom. The van der Waals surface area contributed by atoms with Crippen LogP contribution >= 0.6 is 11.3 Å². The molecule has 10 heteroatoms. The lowest BCUT2D eigenvalue weighted by Crippen LogP contribution is -2.33. The number of hydrogen-bond donors (Lipinski definition) is 3. The van der Waals surface area contributed by atoms with E-state index in [0.717, 1.165) is 11.3 Å². The zero-order valence-corrected chi connectivity index (χ0v) is 10.7. The van der Waals surface area contributed by atoms with Crippen molar-refractivity contribution in [1.29, 1.82) is 0 Å². The van der Waals surface area contributed by atoms with Crippen LogP contribution < -0.4 is 14.6 Å². The molecule has 0 amide bonds. The van der Waals surface area contributed by atoms with E-state index in [1.807, 2.05) is 0 Å². The van der Waals surface area contributed by atoms with Gasteiger partial charge in [-0.15, -0.1) is 11.3 Å². The largest absolute Gasteiger partial charge is 0.276 e. The first-order chi connectivity index (χ1) is 7.24. The number of primary sulfonamides is 1. The van der Waals surface area contributed by atoms with Gasteiger partial charge in [0.2, 0.25) is 10.0 Å². The van der Waals surface area contributed by atoms with Crippen molar-refractivity contribution in [3.63, 3.8) is 0 Å². The second-order valence-electron chi connectivity index (χ2n) is 2.79. The third-order valence-electron chi connectivity index (χ3n) is 1.62. The maximum Gasteiger partial charge on any atom is 0.276 e. The van der Waals surface area contributed by atoms with E-state index in [9.17, 15) is 16.8 Å². The monoisotopic (exact) mass is 285 g/mol. The number of nitrogens with one attached hydrogen (secondary N) is 2. The normalized spacial score (nSPS) is 12.9. The van der Waals surface area contributed by atoms with Gasteiger partial charge in [-0.1, -0.05) is 0 Å². The first-order valence-corrected chi connectivity index (χ1v) is 7.89. The average Bonchev–Trinajstić information content (AvgIpc) is 2.63. The molecule has 7 nitrogen and oxygen atoms in total. The molecule has 0 atom stereocenters. The topological polar surface area (TPSA) is 118 Å². The van der Waals surface area contributed by atoms with E-state index >= 15 is 0 Å². The molecule has 1 rings (SSSR count). The molecule has 1 aromatic rings. The van der Waals surface area contributed by atoms with Gasteiger partial charge in [0.05, 0.1) is 0 Å². The summed E-state index contributed by atoms with van der Waals surface area (Å²) < 4.78 is 48.2. The Morgan fingerprint density at radius 3 is 2.38 bits per heavy atom. The molecule has 0 aliphatic carbocycles. The number of sulfonamides is 1. The molecule has 0 unspecified atom stereocenters. The van der Waals surface area contributed by atoms with Crippen LogP contribution in [0.2, 0.25) is 0 Å². The summed E-state index contributed by atoms with van der Waals surface area (Å²) in [6.45, 7) is 0.0172. The summed E-state index contributed by atoms with van der Waals surface area (Å²) in [4.78, 5) is 0.558. The van der Waals surface area contributed by atoms with Crippen LogP contribution in [0.3, 0.4) is 0 Å². The molecule has 0 spiro atoms. The number of hydrogen-bond acceptors (Lipinski definition) is 5. The maximum atomic E-state index is 11.0. The molecule has 1 heterocycles. The Morgan fingerprint density at radius 1 is 1.31 bits per heavy atom. The van der Waals surface area contributed by atoms with Gasteiger partial charge in [-0.2, -0.15) is 13.1 Å². The fourth-order valence-electron chi connectivity index (χ4n) is 0.844. The maximum absolute atomic E-state index is 11.0. The van der Waals surface area contributed by atoms with Crippen LogP contribution in [0.25, 0.3) is 0 Å². The van der Waals surface area contributed by atoms with Gasteiger partial charge in [-0.3, -0.25) is 0 Å². The SMILES string of the molecule is CNS(=O)(=O)NCc1ccc(S(N)(=O)=O)s1. The zero-order valence-electron chi connectivity index (χ0n) is 8.30. The predicted molar refractivity (Wildman–Crippen MR) is 60.5 cm³/mol. The fraction of sp³-hybridized carbons (Fsp3) is 0.333. The lowest BCUT2D eigenvalue weighted by Gasteiger charge is -2.02. The third kappa shape index (κ3) is 3.81. The van der Waals surface area contributed by atoms with Gasteiger partial charge < -0.3 is 0 Å². The second-order valence-corrected chi connectivity index (χ2v) is 7.45. The highest BCUT2D eigenvalue weighted by molar-refractivity contribution is 7.91. The Balaban J connectivity index is 2.75. The van der Waals surface area contributed by atoms with Crippen LogP contribution in [0, 0.1) is 0 Å². The molecule has 16 heavy (non-hydrogen) atoms. The number of thiophene rings is 1. The molecular formula is C6H11N3O4S3. The van der Waals surface area contributed by atoms with E-state index in [2.05, 4.69) is 9.44 Å². The van der Waals surface area contributed by atoms with Gasteiger partial charge in [-0.05, 0) is 12.1 Å². The van der Waals surface area contributed by atoms with E-state index in [4.69, 9.17) is 5.14 Å². The highest BCUT2D eigenvalue weighted by Crippen LogP contribution is 2.19. The molecule has 0 aliphatic heterocycles. The predicted octanol–water partition coefficient (Wildman–Crippen LogP) is -1.05. The molecule has 0 saturated heterocycles. The Bertz CT molecular complexity index is 560. The van der Waals surface area contributed by atoms with Crippen molar-refractivity contribution in [1.82, 2.24) is 9.44 Å². The van der Waals surface area contributed by atoms with Gasteiger partial charge in [0.25, 0.3) is 10.2 Å². The minimum absolute atomic E-state index is 0.00570. The summed E-state index contributed by atoms with van der Waals surface area (Å²) in [7, 11) is -5.96. The van der Waals surface area contributed by atoms with E-state index in [-0.39, 0.29) is 10.8 Å². The molecule has 0 saturated carbocycles. The number of rotatable bonds is 5. The van der Waals surface area contributed by atoms with E-state index < -0.39 is 20.2 Å². The van der Waals surface area contributed by atoms with Crippen LogP contribution in [0.1, 0.15) is 4.88 Å². The zero-order chi connectivity index (χ0) is 12.4. The number of nitrogens with two attached hydrogens (primary N) is 1. The van der Waals surface area contributed by atoms with Crippen LogP contribution in [0.5, 0.6) is 0 Å². The lowest BCUT2D eigenvalue weighted by molar-refractivity contribution is 0.573. The first-order valence-electron chi connectivity index (χ1n) is 4.04.